The van der Waals surface area contributed by atoms with Crippen LogP contribution in [0.4, 0.5) is 0 Å². The summed E-state index contributed by atoms with van der Waals surface area (Å²) in [5.41, 5.74) is 0.978. The SMILES string of the molecule is CC(C)NC[C@H](O)/C=N/OCc1ccc(Cl)cc1. The van der Waals surface area contributed by atoms with Crippen LogP contribution in [0.3, 0.4) is 0 Å². The molecule has 2 N–H and O–H groups in total. The summed E-state index contributed by atoms with van der Waals surface area (Å²) in [4.78, 5) is 5.08. The number of hydrogen-bond donors (Lipinski definition) is 2. The second kappa shape index (κ2) is 8.08. The van der Waals surface area contributed by atoms with Crippen molar-refractivity contribution in [2.45, 2.75) is 32.6 Å². The van der Waals surface area contributed by atoms with Gasteiger partial charge < -0.3 is 15.3 Å². The minimum atomic E-state index is -0.641. The van der Waals surface area contributed by atoms with Crippen molar-refractivity contribution in [3.05, 3.63) is 34.9 Å². The quantitative estimate of drug-likeness (QED) is 0.590. The smallest absolute Gasteiger partial charge is 0.142 e. The predicted molar refractivity (Wildman–Crippen MR) is 73.9 cm³/mol. The van der Waals surface area contributed by atoms with E-state index in [1.807, 2.05) is 26.0 Å². The molecule has 0 heterocycles. The van der Waals surface area contributed by atoms with Crippen molar-refractivity contribution < 1.29 is 9.94 Å². The Bertz CT molecular complexity index is 366. The number of aliphatic hydroxyl groups is 1. The topological polar surface area (TPSA) is 53.8 Å². The Balaban J connectivity index is 2.22. The maximum Gasteiger partial charge on any atom is 0.142 e. The molecular weight excluding hydrogens is 252 g/mol. The third-order valence-corrected chi connectivity index (χ3v) is 2.44. The summed E-state index contributed by atoms with van der Waals surface area (Å²) in [6.45, 7) is 4.85. The van der Waals surface area contributed by atoms with E-state index in [-0.39, 0.29) is 0 Å². The van der Waals surface area contributed by atoms with Crippen LogP contribution in [0, 0.1) is 0 Å². The van der Waals surface area contributed by atoms with Gasteiger partial charge in [-0.05, 0) is 17.7 Å². The van der Waals surface area contributed by atoms with Gasteiger partial charge in [-0.3, -0.25) is 0 Å². The molecule has 1 rings (SSSR count). The third-order valence-electron chi connectivity index (χ3n) is 2.19. The molecule has 100 valence electrons. The van der Waals surface area contributed by atoms with E-state index >= 15 is 0 Å². The fourth-order valence-corrected chi connectivity index (χ4v) is 1.34. The largest absolute Gasteiger partial charge is 0.391 e. The fraction of sp³-hybridized carbons (Fsp3) is 0.462. The highest BCUT2D eigenvalue weighted by atomic mass is 35.5. The Labute approximate surface area is 113 Å². The molecule has 0 radical (unpaired) electrons. The van der Waals surface area contributed by atoms with E-state index in [9.17, 15) is 5.11 Å². The molecular formula is C13H19ClN2O2. The average Bonchev–Trinajstić information content (AvgIpc) is 2.34. The number of aliphatic hydroxyl groups excluding tert-OH is 1. The predicted octanol–water partition coefficient (Wildman–Crippen LogP) is 2.20. The van der Waals surface area contributed by atoms with E-state index < -0.39 is 6.10 Å². The van der Waals surface area contributed by atoms with Crippen LogP contribution < -0.4 is 5.32 Å². The summed E-state index contributed by atoms with van der Waals surface area (Å²) < 4.78 is 0. The minimum absolute atomic E-state index is 0.336. The minimum Gasteiger partial charge on any atom is -0.391 e. The number of oxime groups is 1. The van der Waals surface area contributed by atoms with Crippen molar-refractivity contribution in [2.24, 2.45) is 5.16 Å². The molecule has 0 amide bonds. The standard InChI is InChI=1S/C13H19ClN2O2/c1-10(2)15-7-13(17)8-16-18-9-11-3-5-12(14)6-4-11/h3-6,8,10,13,15,17H,7,9H2,1-2H3/b16-8+/t13-/m0/s1. The highest BCUT2D eigenvalue weighted by molar-refractivity contribution is 6.30. The van der Waals surface area contributed by atoms with Gasteiger partial charge in [-0.15, -0.1) is 0 Å². The molecule has 18 heavy (non-hydrogen) atoms. The summed E-state index contributed by atoms with van der Waals surface area (Å²) >= 11 is 5.76. The molecule has 1 aromatic rings. The summed E-state index contributed by atoms with van der Waals surface area (Å²) in [5, 5.41) is 17.0. The molecule has 0 aliphatic carbocycles. The third kappa shape index (κ3) is 6.59. The molecule has 0 fully saturated rings. The Morgan fingerprint density at radius 3 is 2.67 bits per heavy atom. The summed E-state index contributed by atoms with van der Waals surface area (Å²) in [7, 11) is 0. The van der Waals surface area contributed by atoms with Crippen molar-refractivity contribution in [3.8, 4) is 0 Å². The molecule has 0 spiro atoms. The van der Waals surface area contributed by atoms with Gasteiger partial charge in [-0.1, -0.05) is 42.7 Å². The second-order valence-corrected chi connectivity index (χ2v) is 4.72. The first-order valence-electron chi connectivity index (χ1n) is 5.89. The molecule has 0 bridgehead atoms. The van der Waals surface area contributed by atoms with Crippen LogP contribution >= 0.6 is 11.6 Å². The summed E-state index contributed by atoms with van der Waals surface area (Å²) in [5.74, 6) is 0. The lowest BCUT2D eigenvalue weighted by atomic mass is 10.2. The first kappa shape index (κ1) is 15.0. The number of nitrogens with one attached hydrogen (secondary N) is 1. The van der Waals surface area contributed by atoms with E-state index in [4.69, 9.17) is 16.4 Å². The molecule has 0 saturated heterocycles. The lowest BCUT2D eigenvalue weighted by Gasteiger charge is -2.09. The van der Waals surface area contributed by atoms with Gasteiger partial charge in [0, 0.05) is 17.6 Å². The number of benzene rings is 1. The zero-order chi connectivity index (χ0) is 13.4. The van der Waals surface area contributed by atoms with Crippen LogP contribution in [0.1, 0.15) is 19.4 Å². The van der Waals surface area contributed by atoms with Gasteiger partial charge in [-0.2, -0.15) is 0 Å². The van der Waals surface area contributed by atoms with Crippen molar-refractivity contribution in [1.29, 1.82) is 0 Å². The monoisotopic (exact) mass is 270 g/mol. The van der Waals surface area contributed by atoms with Gasteiger partial charge >= 0.3 is 0 Å². The number of rotatable bonds is 7. The lowest BCUT2D eigenvalue weighted by molar-refractivity contribution is 0.127. The van der Waals surface area contributed by atoms with Crippen LogP contribution in [0.15, 0.2) is 29.4 Å². The summed E-state index contributed by atoms with van der Waals surface area (Å²) in [6, 6.07) is 7.67. The summed E-state index contributed by atoms with van der Waals surface area (Å²) in [6.07, 6.45) is 0.739. The lowest BCUT2D eigenvalue weighted by Crippen LogP contribution is -2.32. The van der Waals surface area contributed by atoms with Crippen LogP contribution in [0.25, 0.3) is 0 Å². The van der Waals surface area contributed by atoms with Crippen molar-refractivity contribution in [3.63, 3.8) is 0 Å². The van der Waals surface area contributed by atoms with Gasteiger partial charge in [0.15, 0.2) is 0 Å². The van der Waals surface area contributed by atoms with Crippen molar-refractivity contribution in [1.82, 2.24) is 5.32 Å². The highest BCUT2D eigenvalue weighted by Crippen LogP contribution is 2.10. The zero-order valence-corrected chi connectivity index (χ0v) is 11.4. The molecule has 0 aromatic heterocycles. The van der Waals surface area contributed by atoms with E-state index in [0.717, 1.165) is 5.56 Å². The Morgan fingerprint density at radius 2 is 2.06 bits per heavy atom. The van der Waals surface area contributed by atoms with E-state index in [0.29, 0.717) is 24.2 Å². The van der Waals surface area contributed by atoms with Crippen molar-refractivity contribution in [2.75, 3.05) is 6.54 Å². The first-order chi connectivity index (χ1) is 8.58. The Kier molecular flexibility index (Phi) is 6.72. The van der Waals surface area contributed by atoms with E-state index in [1.54, 1.807) is 12.1 Å². The molecule has 0 aliphatic rings. The number of hydrogen-bond acceptors (Lipinski definition) is 4. The molecule has 4 nitrogen and oxygen atoms in total. The van der Waals surface area contributed by atoms with Crippen LogP contribution in [-0.4, -0.2) is 30.0 Å². The Hall–Kier alpha value is -1.10. The highest BCUT2D eigenvalue weighted by Gasteiger charge is 2.00. The maximum atomic E-state index is 9.52. The maximum absolute atomic E-state index is 9.52. The van der Waals surface area contributed by atoms with Gasteiger partial charge in [0.25, 0.3) is 0 Å². The molecule has 1 atom stereocenters. The second-order valence-electron chi connectivity index (χ2n) is 4.28. The number of nitrogens with zero attached hydrogens (tertiary/aromatic N) is 1. The first-order valence-corrected chi connectivity index (χ1v) is 6.27. The van der Waals surface area contributed by atoms with Gasteiger partial charge in [0.2, 0.25) is 0 Å². The molecule has 1 aromatic carbocycles. The van der Waals surface area contributed by atoms with Crippen LogP contribution in [0.5, 0.6) is 0 Å². The fourth-order valence-electron chi connectivity index (χ4n) is 1.21. The Morgan fingerprint density at radius 1 is 1.39 bits per heavy atom. The van der Waals surface area contributed by atoms with E-state index in [2.05, 4.69) is 10.5 Å². The number of halogens is 1. The molecule has 5 heteroatoms. The zero-order valence-electron chi connectivity index (χ0n) is 10.6. The molecule has 0 saturated carbocycles. The van der Waals surface area contributed by atoms with Gasteiger partial charge in [-0.25, -0.2) is 0 Å². The van der Waals surface area contributed by atoms with Crippen LogP contribution in [0.2, 0.25) is 5.02 Å². The molecule has 0 unspecified atom stereocenters. The normalized spacial score (nSPS) is 13.2. The van der Waals surface area contributed by atoms with Crippen LogP contribution in [-0.2, 0) is 11.4 Å². The van der Waals surface area contributed by atoms with E-state index in [1.165, 1.54) is 6.21 Å². The average molecular weight is 271 g/mol. The van der Waals surface area contributed by atoms with Crippen molar-refractivity contribution >= 4 is 17.8 Å². The van der Waals surface area contributed by atoms with Gasteiger partial charge in [0.1, 0.15) is 12.7 Å². The van der Waals surface area contributed by atoms with Gasteiger partial charge in [0.05, 0.1) is 6.21 Å². The molecule has 0 aliphatic heterocycles.